The van der Waals surface area contributed by atoms with Crippen LogP contribution in [0.15, 0.2) is 42.5 Å². The Kier molecular flexibility index (Phi) is 9.43. The molecule has 6 rings (SSSR count). The molecule has 2 aromatic carbocycles. The molecule has 4 aliphatic heterocycles. The summed E-state index contributed by atoms with van der Waals surface area (Å²) in [7, 11) is 2.16. The molecule has 3 saturated heterocycles. The average molecular weight is 659 g/mol. The molecule has 0 spiro atoms. The van der Waals surface area contributed by atoms with Gasteiger partial charge in [-0.25, -0.2) is 14.2 Å². The average Bonchev–Trinajstić information content (AvgIpc) is 3.04. The van der Waals surface area contributed by atoms with Gasteiger partial charge in [-0.3, -0.25) is 4.90 Å². The number of piperazine rings is 1. The topological polar surface area (TPSA) is 96.4 Å². The molecule has 0 aromatic heterocycles. The Labute approximate surface area is 275 Å². The Bertz CT molecular complexity index is 1430. The highest BCUT2D eigenvalue weighted by molar-refractivity contribution is 6.42. The molecule has 3 atom stereocenters. The van der Waals surface area contributed by atoms with E-state index < -0.39 is 11.8 Å². The molecule has 2 N–H and O–H groups in total. The van der Waals surface area contributed by atoms with E-state index in [2.05, 4.69) is 27.1 Å². The van der Waals surface area contributed by atoms with Crippen molar-refractivity contribution in [3.05, 3.63) is 63.6 Å². The molecule has 2 unspecified atom stereocenters. The van der Waals surface area contributed by atoms with Gasteiger partial charge in [0.25, 0.3) is 0 Å². The second-order valence-electron chi connectivity index (χ2n) is 13.2. The van der Waals surface area contributed by atoms with Crippen molar-refractivity contribution in [1.29, 1.82) is 0 Å². The smallest absolute Gasteiger partial charge is 0.435 e. The second kappa shape index (κ2) is 13.2. The largest absolute Gasteiger partial charge is 0.515 e. The van der Waals surface area contributed by atoms with E-state index in [1.165, 1.54) is 0 Å². The fourth-order valence-electron chi connectivity index (χ4n) is 8.32. The van der Waals surface area contributed by atoms with Gasteiger partial charge in [-0.15, -0.1) is 0 Å². The van der Waals surface area contributed by atoms with Crippen molar-refractivity contribution in [3.8, 4) is 0 Å². The summed E-state index contributed by atoms with van der Waals surface area (Å²) in [6.45, 7) is 5.91. The number of carbonyl (C=O) groups is 3. The minimum absolute atomic E-state index is 0.0391. The van der Waals surface area contributed by atoms with E-state index >= 15 is 0 Å². The number of fused-ring (bicyclic) bond motifs is 1. The third kappa shape index (κ3) is 6.08. The number of benzene rings is 2. The summed E-state index contributed by atoms with van der Waals surface area (Å²) in [5.41, 5.74) is 1.49. The minimum Gasteiger partial charge on any atom is -0.435 e. The summed E-state index contributed by atoms with van der Waals surface area (Å²) in [5, 5.41) is 15.0. The molecule has 4 aliphatic rings. The maximum Gasteiger partial charge on any atom is 0.515 e. The monoisotopic (exact) mass is 657 g/mol. The van der Waals surface area contributed by atoms with Gasteiger partial charge in [-0.1, -0.05) is 47.5 Å². The van der Waals surface area contributed by atoms with Crippen LogP contribution in [0.4, 0.5) is 15.3 Å². The van der Waals surface area contributed by atoms with Crippen LogP contribution in [-0.4, -0.2) is 118 Å². The van der Waals surface area contributed by atoms with Crippen molar-refractivity contribution in [2.75, 3.05) is 58.2 Å². The molecule has 3 fully saturated rings. The van der Waals surface area contributed by atoms with Gasteiger partial charge in [-0.05, 0) is 56.7 Å². The number of quaternary nitrogens is 1. The number of carboxylic acid groups (broad SMARTS) is 1. The lowest BCUT2D eigenvalue weighted by atomic mass is 9.82. The van der Waals surface area contributed by atoms with Gasteiger partial charge in [0.05, 0.1) is 23.0 Å². The predicted octanol–water partition coefficient (Wildman–Crippen LogP) is 5.20. The lowest BCUT2D eigenvalue weighted by Gasteiger charge is -2.60. The number of amides is 3. The molecule has 2 aromatic rings. The standard InChI is InChI=1S/C33H42Cl2N6O4/c1-37-12-8-26(9-13-37)38-14-16-39(17-15-38)33(11-19-42)21-27(40-22-25-4-2-3-5-30(25)36-31(40)43)10-18-41(33,32(44)45)23-24-6-7-28(34)29(35)20-24/h2-7,19-20,26-27H,8-18,21-23H2,1H3,(H-,36,43,44,45)/p+1/t27?,33?,41-/m0/s1. The summed E-state index contributed by atoms with van der Waals surface area (Å²) in [4.78, 5) is 48.8. The van der Waals surface area contributed by atoms with Gasteiger partial charge in [-0.2, -0.15) is 4.79 Å². The fraction of sp³-hybridized carbons (Fsp3) is 0.545. The second-order valence-corrected chi connectivity index (χ2v) is 14.0. The van der Waals surface area contributed by atoms with E-state index in [-0.39, 0.29) is 36.1 Å². The number of rotatable bonds is 7. The van der Waals surface area contributed by atoms with E-state index in [4.69, 9.17) is 23.2 Å². The van der Waals surface area contributed by atoms with Crippen LogP contribution >= 0.6 is 23.2 Å². The van der Waals surface area contributed by atoms with Gasteiger partial charge in [0.1, 0.15) is 12.8 Å². The van der Waals surface area contributed by atoms with Crippen molar-refractivity contribution >= 4 is 47.3 Å². The molecular weight excluding hydrogens is 615 g/mol. The maximum absolute atomic E-state index is 13.7. The van der Waals surface area contributed by atoms with Crippen LogP contribution in [0.5, 0.6) is 0 Å². The van der Waals surface area contributed by atoms with Crippen molar-refractivity contribution in [1.82, 2.24) is 19.6 Å². The van der Waals surface area contributed by atoms with Gasteiger partial charge < -0.3 is 25.0 Å². The molecule has 0 radical (unpaired) electrons. The number of carbonyl (C=O) groups excluding carboxylic acids is 2. The van der Waals surface area contributed by atoms with Crippen LogP contribution in [0.25, 0.3) is 0 Å². The summed E-state index contributed by atoms with van der Waals surface area (Å²) in [5.74, 6) is 0. The van der Waals surface area contributed by atoms with Gasteiger partial charge in [0.15, 0.2) is 5.66 Å². The molecule has 45 heavy (non-hydrogen) atoms. The molecule has 0 bridgehead atoms. The van der Waals surface area contributed by atoms with E-state index in [9.17, 15) is 19.5 Å². The third-order valence-electron chi connectivity index (χ3n) is 10.8. The Balaban J connectivity index is 1.36. The van der Waals surface area contributed by atoms with E-state index in [0.717, 1.165) is 62.1 Å². The zero-order chi connectivity index (χ0) is 31.8. The number of likely N-dealkylation sites (tertiary alicyclic amines) is 2. The first-order chi connectivity index (χ1) is 21.7. The number of piperidine rings is 2. The number of para-hydroxylation sites is 1. The number of nitrogens with zero attached hydrogens (tertiary/aromatic N) is 5. The summed E-state index contributed by atoms with van der Waals surface area (Å²) in [6, 6.07) is 13.1. The van der Waals surface area contributed by atoms with Crippen molar-refractivity contribution < 1.29 is 24.0 Å². The quantitative estimate of drug-likeness (QED) is 0.312. The lowest BCUT2D eigenvalue weighted by molar-refractivity contribution is -0.942. The molecular formula is C33H43Cl2N6O4+. The van der Waals surface area contributed by atoms with E-state index in [1.54, 1.807) is 12.1 Å². The number of nitrogens with one attached hydrogen (secondary N) is 1. The van der Waals surface area contributed by atoms with Gasteiger partial charge in [0.2, 0.25) is 0 Å². The first-order valence-corrected chi connectivity index (χ1v) is 16.7. The maximum atomic E-state index is 13.7. The number of aldehydes is 1. The molecule has 10 nitrogen and oxygen atoms in total. The predicted molar refractivity (Wildman–Crippen MR) is 174 cm³/mol. The highest BCUT2D eigenvalue weighted by Crippen LogP contribution is 2.46. The van der Waals surface area contributed by atoms with Crippen molar-refractivity contribution in [2.45, 2.75) is 62.9 Å². The zero-order valence-electron chi connectivity index (χ0n) is 25.8. The third-order valence-corrected chi connectivity index (χ3v) is 11.6. The Morgan fingerprint density at radius 1 is 1.02 bits per heavy atom. The van der Waals surface area contributed by atoms with E-state index in [1.807, 2.05) is 35.2 Å². The summed E-state index contributed by atoms with van der Waals surface area (Å²) in [6.07, 6.45) is 3.03. The SMILES string of the molecule is CN1CCC(N2CCN(C3(CC=O)CC(N4Cc5ccccc5NC4=O)CC[N@+]3(Cc3ccc(Cl)c(Cl)c3)C(=O)O)CC2)CC1. The van der Waals surface area contributed by atoms with Crippen LogP contribution < -0.4 is 5.32 Å². The molecule has 3 amide bonds. The molecule has 12 heteroatoms. The first kappa shape index (κ1) is 32.2. The van der Waals surface area contributed by atoms with Gasteiger partial charge in [0, 0.05) is 68.9 Å². The molecule has 4 heterocycles. The van der Waals surface area contributed by atoms with Crippen LogP contribution in [0.3, 0.4) is 0 Å². The molecule has 0 saturated carbocycles. The fourth-order valence-corrected chi connectivity index (χ4v) is 8.64. The molecule has 242 valence electrons. The number of hydrogen-bond donors (Lipinski definition) is 2. The van der Waals surface area contributed by atoms with Crippen molar-refractivity contribution in [3.63, 3.8) is 0 Å². The van der Waals surface area contributed by atoms with Crippen molar-refractivity contribution in [2.24, 2.45) is 0 Å². The van der Waals surface area contributed by atoms with Gasteiger partial charge >= 0.3 is 12.1 Å². The number of urea groups is 1. The van der Waals surface area contributed by atoms with E-state index in [0.29, 0.717) is 48.6 Å². The summed E-state index contributed by atoms with van der Waals surface area (Å²) < 4.78 is -0.333. The van der Waals surface area contributed by atoms with Crippen LogP contribution in [0.2, 0.25) is 10.0 Å². The number of hydrogen-bond acceptors (Lipinski definition) is 6. The summed E-state index contributed by atoms with van der Waals surface area (Å²) >= 11 is 12.6. The lowest BCUT2D eigenvalue weighted by Crippen LogP contribution is -2.79. The highest BCUT2D eigenvalue weighted by Gasteiger charge is 2.64. The zero-order valence-corrected chi connectivity index (χ0v) is 27.3. The van der Waals surface area contributed by atoms with Crippen LogP contribution in [0.1, 0.15) is 43.2 Å². The Hall–Kier alpha value is -2.73. The van der Waals surface area contributed by atoms with Crippen LogP contribution in [0, 0.1) is 0 Å². The number of anilines is 1. The molecule has 0 aliphatic carbocycles. The first-order valence-electron chi connectivity index (χ1n) is 16.0. The Morgan fingerprint density at radius 3 is 2.44 bits per heavy atom. The van der Waals surface area contributed by atoms with Crippen LogP contribution in [-0.2, 0) is 17.9 Å². The number of halogens is 2. The highest BCUT2D eigenvalue weighted by atomic mass is 35.5. The Morgan fingerprint density at radius 2 is 1.76 bits per heavy atom. The normalized spacial score (nSPS) is 28.8. The minimum atomic E-state index is -1.07.